The molecule has 186 valence electrons. The van der Waals surface area contributed by atoms with Crippen LogP contribution in [-0.2, 0) is 11.2 Å². The van der Waals surface area contributed by atoms with Crippen LogP contribution in [-0.4, -0.2) is 32.2 Å². The molecule has 0 radical (unpaired) electrons. The molecule has 0 saturated heterocycles. The second kappa shape index (κ2) is 9.16. The van der Waals surface area contributed by atoms with Gasteiger partial charge in [0, 0.05) is 36.4 Å². The number of carbonyl (C=O) groups excluding carboxylic acids is 1. The molecule has 0 fully saturated rings. The van der Waals surface area contributed by atoms with E-state index in [-0.39, 0.29) is 5.91 Å². The molecule has 1 amide bonds. The van der Waals surface area contributed by atoms with Gasteiger partial charge >= 0.3 is 0 Å². The summed E-state index contributed by atoms with van der Waals surface area (Å²) in [6.07, 6.45) is 5.87. The molecule has 0 aromatic heterocycles. The lowest BCUT2D eigenvalue weighted by Crippen LogP contribution is -2.24. The van der Waals surface area contributed by atoms with Crippen molar-refractivity contribution >= 4 is 5.91 Å². The number of hydrogen-bond donors (Lipinski definition) is 2. The van der Waals surface area contributed by atoms with E-state index >= 15 is 0 Å². The fourth-order valence-electron chi connectivity index (χ4n) is 7.57. The van der Waals surface area contributed by atoms with Crippen LogP contribution in [0.1, 0.15) is 109 Å². The molecule has 35 heavy (non-hydrogen) atoms. The van der Waals surface area contributed by atoms with Crippen LogP contribution in [0.25, 0.3) is 0 Å². The van der Waals surface area contributed by atoms with Gasteiger partial charge in [0.05, 0.1) is 13.2 Å². The van der Waals surface area contributed by atoms with Crippen LogP contribution in [0.5, 0.6) is 11.5 Å². The van der Waals surface area contributed by atoms with Crippen molar-refractivity contribution in [2.75, 3.05) is 26.3 Å². The average Bonchev–Trinajstić information content (AvgIpc) is 3.63. The standard InChI is InChI=1S/C30H38N2O3/c1-3-27(33)32-12-9-19-15-23(21-5-6-25-22(28(19)21)10-13-34-25)24-16-35-26-7-4-20-17(2)14-18(8-11-31)29(20)30(24)26/h4-7,17-19,23-24H,3,8-16,31H2,1-2H3,(H,32,33)/t17?,18-,19-,23?,24?/m1/s1. The first-order chi connectivity index (χ1) is 17.1. The highest BCUT2D eigenvalue weighted by atomic mass is 16.5. The molecule has 0 spiro atoms. The topological polar surface area (TPSA) is 73.6 Å². The largest absolute Gasteiger partial charge is 0.493 e. The van der Waals surface area contributed by atoms with Crippen molar-refractivity contribution in [1.29, 1.82) is 0 Å². The van der Waals surface area contributed by atoms with E-state index in [0.717, 1.165) is 63.5 Å². The first-order valence-electron chi connectivity index (χ1n) is 13.6. The van der Waals surface area contributed by atoms with Crippen molar-refractivity contribution in [3.05, 3.63) is 57.6 Å². The molecule has 3 N–H and O–H groups in total. The van der Waals surface area contributed by atoms with E-state index in [1.165, 1.54) is 34.2 Å². The molecule has 5 atom stereocenters. The zero-order chi connectivity index (χ0) is 24.1. The maximum Gasteiger partial charge on any atom is 0.219 e. The Morgan fingerprint density at radius 3 is 2.60 bits per heavy atom. The minimum absolute atomic E-state index is 0.134. The third-order valence-electron chi connectivity index (χ3n) is 9.09. The molecular formula is C30H38N2O3. The molecule has 6 rings (SSSR count). The summed E-state index contributed by atoms with van der Waals surface area (Å²) in [5.41, 5.74) is 15.0. The number of hydrogen-bond acceptors (Lipinski definition) is 4. The maximum atomic E-state index is 11.9. The Labute approximate surface area is 208 Å². The number of benzene rings is 2. The van der Waals surface area contributed by atoms with Gasteiger partial charge in [-0.05, 0) is 90.3 Å². The SMILES string of the molecule is CCC(=O)NCC[C@@H]1CC(C2COc3ccc4c(c32)[C@H](CCN)CC4C)c2ccc3c(c21)CCO3. The highest BCUT2D eigenvalue weighted by Gasteiger charge is 2.45. The Hall–Kier alpha value is -2.53. The van der Waals surface area contributed by atoms with Gasteiger partial charge < -0.3 is 20.5 Å². The van der Waals surface area contributed by atoms with Crippen molar-refractivity contribution in [2.45, 2.75) is 82.0 Å². The Kier molecular flexibility index (Phi) is 6.00. The predicted molar refractivity (Wildman–Crippen MR) is 138 cm³/mol. The molecule has 0 bridgehead atoms. The van der Waals surface area contributed by atoms with E-state index in [9.17, 15) is 4.79 Å². The summed E-state index contributed by atoms with van der Waals surface area (Å²) < 4.78 is 12.3. The van der Waals surface area contributed by atoms with Crippen molar-refractivity contribution in [2.24, 2.45) is 5.73 Å². The lowest BCUT2D eigenvalue weighted by molar-refractivity contribution is -0.120. The highest BCUT2D eigenvalue weighted by Crippen LogP contribution is 2.58. The van der Waals surface area contributed by atoms with Crippen molar-refractivity contribution < 1.29 is 14.3 Å². The average molecular weight is 475 g/mol. The summed E-state index contributed by atoms with van der Waals surface area (Å²) in [4.78, 5) is 11.9. The summed E-state index contributed by atoms with van der Waals surface area (Å²) in [6.45, 7) is 7.27. The number of amides is 1. The normalized spacial score (nSPS) is 27.6. The number of nitrogens with one attached hydrogen (secondary N) is 1. The molecule has 3 unspecified atom stereocenters. The molecule has 2 aromatic carbocycles. The van der Waals surface area contributed by atoms with Crippen molar-refractivity contribution in [3.8, 4) is 11.5 Å². The van der Waals surface area contributed by atoms with Gasteiger partial charge in [0.1, 0.15) is 11.5 Å². The van der Waals surface area contributed by atoms with Gasteiger partial charge in [-0.2, -0.15) is 0 Å². The lowest BCUT2D eigenvalue weighted by atomic mass is 9.78. The van der Waals surface area contributed by atoms with Crippen LogP contribution in [0.2, 0.25) is 0 Å². The van der Waals surface area contributed by atoms with E-state index in [0.29, 0.717) is 36.0 Å². The Bertz CT molecular complexity index is 1140. The van der Waals surface area contributed by atoms with E-state index in [4.69, 9.17) is 15.2 Å². The van der Waals surface area contributed by atoms with E-state index in [1.54, 1.807) is 5.56 Å². The number of ether oxygens (including phenoxy) is 2. The lowest BCUT2D eigenvalue weighted by Gasteiger charge is -2.23. The fourth-order valence-corrected chi connectivity index (χ4v) is 7.57. The van der Waals surface area contributed by atoms with Crippen LogP contribution in [0.4, 0.5) is 0 Å². The summed E-state index contributed by atoms with van der Waals surface area (Å²) in [5.74, 6) is 4.67. The van der Waals surface area contributed by atoms with Crippen molar-refractivity contribution in [1.82, 2.24) is 5.32 Å². The van der Waals surface area contributed by atoms with Gasteiger partial charge in [-0.1, -0.05) is 26.0 Å². The molecule has 4 aliphatic rings. The van der Waals surface area contributed by atoms with Gasteiger partial charge in [-0.25, -0.2) is 0 Å². The number of fused-ring (bicyclic) bond motifs is 6. The third kappa shape index (κ3) is 3.74. The second-order valence-electron chi connectivity index (χ2n) is 11.0. The molecule has 2 heterocycles. The van der Waals surface area contributed by atoms with Crippen LogP contribution in [0.3, 0.4) is 0 Å². The zero-order valence-corrected chi connectivity index (χ0v) is 21.1. The minimum Gasteiger partial charge on any atom is -0.493 e. The predicted octanol–water partition coefficient (Wildman–Crippen LogP) is 5.22. The first-order valence-corrected chi connectivity index (χ1v) is 13.6. The van der Waals surface area contributed by atoms with Crippen LogP contribution >= 0.6 is 0 Å². The summed E-state index contributed by atoms with van der Waals surface area (Å²) >= 11 is 0. The minimum atomic E-state index is 0.134. The van der Waals surface area contributed by atoms with E-state index < -0.39 is 0 Å². The van der Waals surface area contributed by atoms with Crippen LogP contribution < -0.4 is 20.5 Å². The molecular weight excluding hydrogens is 436 g/mol. The van der Waals surface area contributed by atoms with Gasteiger partial charge in [0.15, 0.2) is 0 Å². The quantitative estimate of drug-likeness (QED) is 0.577. The zero-order valence-electron chi connectivity index (χ0n) is 21.1. The number of nitrogens with two attached hydrogens (primary N) is 1. The van der Waals surface area contributed by atoms with Crippen molar-refractivity contribution in [3.63, 3.8) is 0 Å². The fraction of sp³-hybridized carbons (Fsp3) is 0.567. The van der Waals surface area contributed by atoms with E-state index in [1.807, 2.05) is 6.92 Å². The molecule has 0 saturated carbocycles. The summed E-state index contributed by atoms with van der Waals surface area (Å²) in [6, 6.07) is 9.06. The molecule has 2 aromatic rings. The number of rotatable bonds is 7. The van der Waals surface area contributed by atoms with Gasteiger partial charge in [-0.15, -0.1) is 0 Å². The summed E-state index contributed by atoms with van der Waals surface area (Å²) in [7, 11) is 0. The smallest absolute Gasteiger partial charge is 0.219 e. The van der Waals surface area contributed by atoms with Crippen LogP contribution in [0, 0.1) is 0 Å². The molecule has 5 heteroatoms. The maximum absolute atomic E-state index is 11.9. The Morgan fingerprint density at radius 1 is 0.971 bits per heavy atom. The second-order valence-corrected chi connectivity index (χ2v) is 11.0. The van der Waals surface area contributed by atoms with Gasteiger partial charge in [0.2, 0.25) is 5.91 Å². The Balaban J connectivity index is 1.37. The van der Waals surface area contributed by atoms with Gasteiger partial charge in [-0.3, -0.25) is 4.79 Å². The van der Waals surface area contributed by atoms with E-state index in [2.05, 4.69) is 36.5 Å². The monoisotopic (exact) mass is 474 g/mol. The first kappa shape index (κ1) is 22.9. The van der Waals surface area contributed by atoms with Crippen LogP contribution in [0.15, 0.2) is 24.3 Å². The molecule has 2 aliphatic heterocycles. The molecule has 2 aliphatic carbocycles. The molecule has 5 nitrogen and oxygen atoms in total. The number of carbonyl (C=O) groups is 1. The highest BCUT2D eigenvalue weighted by molar-refractivity contribution is 5.75. The third-order valence-corrected chi connectivity index (χ3v) is 9.09. The van der Waals surface area contributed by atoms with Gasteiger partial charge in [0.25, 0.3) is 0 Å². The summed E-state index contributed by atoms with van der Waals surface area (Å²) in [5, 5.41) is 3.11. The Morgan fingerprint density at radius 2 is 1.77 bits per heavy atom.